The number of carbonyl (C=O) groups is 2. The summed E-state index contributed by atoms with van der Waals surface area (Å²) in [6.07, 6.45) is 76.9. The van der Waals surface area contributed by atoms with Gasteiger partial charge in [-0.25, -0.2) is 0 Å². The SMILES string of the molecule is CCCCCCCCCCCCCCCCCCCCC(=O)OCCCCCCCCCCCCCC/C=C\CCCCCCCCCCCCCCC(=O)NC(CO)C(O)CCCCCCCCCCCC. The average molecular weight is 1030 g/mol. The number of amides is 1. The normalized spacial score (nSPS) is 12.5. The molecule has 0 fully saturated rings. The number of rotatable bonds is 63. The van der Waals surface area contributed by atoms with Crippen LogP contribution in [0.25, 0.3) is 0 Å². The predicted octanol–water partition coefficient (Wildman–Crippen LogP) is 21.2. The Morgan fingerprint density at radius 2 is 0.644 bits per heavy atom. The molecule has 0 aliphatic rings. The van der Waals surface area contributed by atoms with Crippen molar-refractivity contribution in [2.24, 2.45) is 0 Å². The lowest BCUT2D eigenvalue weighted by atomic mass is 10.0. The summed E-state index contributed by atoms with van der Waals surface area (Å²) in [4.78, 5) is 24.5. The molecule has 0 bridgehead atoms. The molecule has 0 radical (unpaired) electrons. The summed E-state index contributed by atoms with van der Waals surface area (Å²) in [5, 5.41) is 23.2. The first kappa shape index (κ1) is 71.6. The number of hydrogen-bond donors (Lipinski definition) is 3. The fourth-order valence-electron chi connectivity index (χ4n) is 10.7. The molecule has 434 valence electrons. The van der Waals surface area contributed by atoms with Crippen molar-refractivity contribution in [2.75, 3.05) is 13.2 Å². The quantitative estimate of drug-likeness (QED) is 0.0320. The molecule has 0 rings (SSSR count). The van der Waals surface area contributed by atoms with Crippen LogP contribution in [-0.4, -0.2) is 47.4 Å². The molecule has 3 N–H and O–H groups in total. The maximum atomic E-state index is 12.4. The van der Waals surface area contributed by atoms with Gasteiger partial charge in [-0.1, -0.05) is 328 Å². The highest BCUT2D eigenvalue weighted by molar-refractivity contribution is 5.76. The Balaban J connectivity index is 3.32. The van der Waals surface area contributed by atoms with Gasteiger partial charge in [-0.05, 0) is 51.4 Å². The van der Waals surface area contributed by atoms with E-state index in [0.717, 1.165) is 38.5 Å². The van der Waals surface area contributed by atoms with Gasteiger partial charge in [0.25, 0.3) is 0 Å². The number of esters is 1. The minimum atomic E-state index is -0.661. The zero-order valence-corrected chi connectivity index (χ0v) is 49.6. The Bertz CT molecular complexity index is 1100. The number of nitrogens with one attached hydrogen (secondary N) is 1. The zero-order valence-electron chi connectivity index (χ0n) is 49.6. The van der Waals surface area contributed by atoms with Crippen LogP contribution in [0.3, 0.4) is 0 Å². The summed E-state index contributed by atoms with van der Waals surface area (Å²) in [7, 11) is 0. The minimum Gasteiger partial charge on any atom is -0.466 e. The molecule has 0 aromatic carbocycles. The molecule has 0 aliphatic carbocycles. The van der Waals surface area contributed by atoms with E-state index in [1.54, 1.807) is 0 Å². The van der Waals surface area contributed by atoms with E-state index in [-0.39, 0.29) is 18.5 Å². The predicted molar refractivity (Wildman–Crippen MR) is 320 cm³/mol. The van der Waals surface area contributed by atoms with Crippen molar-refractivity contribution >= 4 is 11.9 Å². The van der Waals surface area contributed by atoms with Crippen LogP contribution in [0.5, 0.6) is 0 Å². The summed E-state index contributed by atoms with van der Waals surface area (Å²) >= 11 is 0. The average Bonchev–Trinajstić information content (AvgIpc) is 3.39. The molecule has 6 nitrogen and oxygen atoms in total. The molecule has 0 aromatic heterocycles. The number of unbranched alkanes of at least 4 members (excludes halogenated alkanes) is 50. The van der Waals surface area contributed by atoms with E-state index in [1.165, 1.54) is 308 Å². The van der Waals surface area contributed by atoms with Gasteiger partial charge in [0.05, 0.1) is 25.4 Å². The van der Waals surface area contributed by atoms with Crippen LogP contribution in [0.1, 0.15) is 380 Å². The lowest BCUT2D eigenvalue weighted by Crippen LogP contribution is -2.45. The van der Waals surface area contributed by atoms with Crippen LogP contribution in [-0.2, 0) is 14.3 Å². The number of hydrogen-bond acceptors (Lipinski definition) is 5. The van der Waals surface area contributed by atoms with E-state index >= 15 is 0 Å². The summed E-state index contributed by atoms with van der Waals surface area (Å²) in [6.45, 7) is 4.97. The van der Waals surface area contributed by atoms with Crippen LogP contribution in [0.2, 0.25) is 0 Å². The summed E-state index contributed by atoms with van der Waals surface area (Å²) in [6, 6.07) is -0.539. The van der Waals surface area contributed by atoms with E-state index in [2.05, 4.69) is 31.3 Å². The van der Waals surface area contributed by atoms with Gasteiger partial charge < -0.3 is 20.3 Å². The van der Waals surface area contributed by atoms with Gasteiger partial charge in [-0.3, -0.25) is 9.59 Å². The monoisotopic (exact) mass is 1030 g/mol. The number of aliphatic hydroxyl groups excluding tert-OH is 2. The first-order chi connectivity index (χ1) is 36.0. The zero-order chi connectivity index (χ0) is 52.9. The minimum absolute atomic E-state index is 0.0209. The number of aliphatic hydroxyl groups is 2. The smallest absolute Gasteiger partial charge is 0.305 e. The topological polar surface area (TPSA) is 95.9 Å². The van der Waals surface area contributed by atoms with Crippen LogP contribution in [0.4, 0.5) is 0 Å². The van der Waals surface area contributed by atoms with E-state index in [9.17, 15) is 19.8 Å². The van der Waals surface area contributed by atoms with E-state index in [4.69, 9.17) is 4.74 Å². The molecular formula is C67H131NO5. The second kappa shape index (κ2) is 63.1. The lowest BCUT2D eigenvalue weighted by molar-refractivity contribution is -0.143. The van der Waals surface area contributed by atoms with Gasteiger partial charge in [-0.15, -0.1) is 0 Å². The Morgan fingerprint density at radius 3 is 0.973 bits per heavy atom. The summed E-state index contributed by atoms with van der Waals surface area (Å²) < 4.78 is 5.51. The molecule has 1 amide bonds. The van der Waals surface area contributed by atoms with Gasteiger partial charge in [0.1, 0.15) is 0 Å². The van der Waals surface area contributed by atoms with Crippen molar-refractivity contribution in [2.45, 2.75) is 392 Å². The van der Waals surface area contributed by atoms with Crippen LogP contribution >= 0.6 is 0 Å². The van der Waals surface area contributed by atoms with E-state index in [0.29, 0.717) is 25.9 Å². The van der Waals surface area contributed by atoms with Gasteiger partial charge >= 0.3 is 5.97 Å². The van der Waals surface area contributed by atoms with Crippen molar-refractivity contribution in [3.05, 3.63) is 12.2 Å². The third-order valence-corrected chi connectivity index (χ3v) is 15.8. The third kappa shape index (κ3) is 59.7. The molecule has 2 atom stereocenters. The molecule has 0 saturated heterocycles. The Kier molecular flexibility index (Phi) is 61.9. The number of carbonyl (C=O) groups excluding carboxylic acids is 2. The van der Waals surface area contributed by atoms with E-state index in [1.807, 2.05) is 0 Å². The van der Waals surface area contributed by atoms with Gasteiger partial charge in [0.2, 0.25) is 5.91 Å². The third-order valence-electron chi connectivity index (χ3n) is 15.8. The first-order valence-corrected chi connectivity index (χ1v) is 33.4. The maximum Gasteiger partial charge on any atom is 0.305 e. The second-order valence-electron chi connectivity index (χ2n) is 23.2. The molecular weight excluding hydrogens is 899 g/mol. The van der Waals surface area contributed by atoms with Crippen molar-refractivity contribution in [3.8, 4) is 0 Å². The highest BCUT2D eigenvalue weighted by Gasteiger charge is 2.20. The molecule has 0 heterocycles. The summed E-state index contributed by atoms with van der Waals surface area (Å²) in [5.74, 6) is -0.0138. The van der Waals surface area contributed by atoms with Crippen molar-refractivity contribution in [1.29, 1.82) is 0 Å². The molecule has 6 heteroatoms. The second-order valence-corrected chi connectivity index (χ2v) is 23.2. The highest BCUT2D eigenvalue weighted by atomic mass is 16.5. The van der Waals surface area contributed by atoms with Crippen LogP contribution in [0, 0.1) is 0 Å². The van der Waals surface area contributed by atoms with E-state index < -0.39 is 12.1 Å². The first-order valence-electron chi connectivity index (χ1n) is 33.4. The van der Waals surface area contributed by atoms with Gasteiger partial charge in [-0.2, -0.15) is 0 Å². The number of allylic oxidation sites excluding steroid dienone is 2. The molecule has 0 saturated carbocycles. The molecule has 0 spiro atoms. The standard InChI is InChI=1S/C67H131NO5/c1-3-5-7-9-11-13-15-16-17-18-32-35-38-41-45-49-53-57-61-67(72)73-62-58-54-50-46-42-39-36-33-30-28-26-24-22-20-19-21-23-25-27-29-31-34-37-40-44-48-52-56-60-66(71)68-64(63-69)65(70)59-55-51-47-43-14-12-10-8-6-4-2/h19-20,64-65,69-70H,3-18,21-63H2,1-2H3,(H,68,71)/b20-19-. The van der Waals surface area contributed by atoms with Crippen molar-refractivity contribution in [3.63, 3.8) is 0 Å². The van der Waals surface area contributed by atoms with Crippen molar-refractivity contribution in [1.82, 2.24) is 5.32 Å². The Hall–Kier alpha value is -1.40. The fourth-order valence-corrected chi connectivity index (χ4v) is 10.7. The van der Waals surface area contributed by atoms with Crippen LogP contribution in [0.15, 0.2) is 12.2 Å². The van der Waals surface area contributed by atoms with Crippen LogP contribution < -0.4 is 5.32 Å². The maximum absolute atomic E-state index is 12.4. The van der Waals surface area contributed by atoms with Gasteiger partial charge in [0, 0.05) is 12.8 Å². The summed E-state index contributed by atoms with van der Waals surface area (Å²) in [5.41, 5.74) is 0. The van der Waals surface area contributed by atoms with Crippen molar-refractivity contribution < 1.29 is 24.5 Å². The van der Waals surface area contributed by atoms with Gasteiger partial charge in [0.15, 0.2) is 0 Å². The Labute approximate surface area is 457 Å². The molecule has 0 aromatic rings. The fraction of sp³-hybridized carbons (Fsp3) is 0.940. The molecule has 73 heavy (non-hydrogen) atoms. The number of ether oxygens (including phenoxy) is 1. The largest absolute Gasteiger partial charge is 0.466 e. The Morgan fingerprint density at radius 1 is 0.370 bits per heavy atom. The lowest BCUT2D eigenvalue weighted by Gasteiger charge is -2.22. The molecule has 0 aliphatic heterocycles. The molecule has 2 unspecified atom stereocenters. The highest BCUT2D eigenvalue weighted by Crippen LogP contribution is 2.18.